The first-order valence-electron chi connectivity index (χ1n) is 10.5. The van der Waals surface area contributed by atoms with Crippen LogP contribution in [0.5, 0.6) is 0 Å². The number of carbonyl (C=O) groups is 1. The quantitative estimate of drug-likeness (QED) is 0.577. The van der Waals surface area contributed by atoms with Crippen molar-refractivity contribution in [3.05, 3.63) is 88.5 Å². The summed E-state index contributed by atoms with van der Waals surface area (Å²) in [5.74, 6) is -0.206. The maximum Gasteiger partial charge on any atom is 0.262 e. The Morgan fingerprint density at radius 1 is 0.903 bits per heavy atom. The SMILES string of the molecule is Cc1ccc(C)c(S(=O)(=O)Nc2ccc(C(=O)Nc3cccc4c3CCCC4)cc2)c1. The van der Waals surface area contributed by atoms with Crippen LogP contribution >= 0.6 is 0 Å². The molecule has 2 N–H and O–H groups in total. The van der Waals surface area contributed by atoms with Crippen molar-refractivity contribution >= 4 is 27.3 Å². The molecule has 1 aliphatic rings. The average Bonchev–Trinajstić information content (AvgIpc) is 2.76. The molecule has 0 unspecified atom stereocenters. The number of hydrogen-bond acceptors (Lipinski definition) is 3. The topological polar surface area (TPSA) is 75.3 Å². The molecular weight excluding hydrogens is 408 g/mol. The van der Waals surface area contributed by atoms with Crippen LogP contribution in [-0.2, 0) is 22.9 Å². The zero-order valence-electron chi connectivity index (χ0n) is 17.7. The molecule has 3 aromatic rings. The second kappa shape index (κ2) is 8.55. The number of amides is 1. The number of fused-ring (bicyclic) bond motifs is 1. The van der Waals surface area contributed by atoms with Gasteiger partial charge in [-0.15, -0.1) is 0 Å². The average molecular weight is 435 g/mol. The van der Waals surface area contributed by atoms with Gasteiger partial charge in [-0.05, 0) is 98.2 Å². The van der Waals surface area contributed by atoms with Crippen molar-refractivity contribution in [2.45, 2.75) is 44.4 Å². The molecule has 0 radical (unpaired) electrons. The lowest BCUT2D eigenvalue weighted by atomic mass is 9.90. The van der Waals surface area contributed by atoms with Crippen LogP contribution in [0.4, 0.5) is 11.4 Å². The van der Waals surface area contributed by atoms with Crippen molar-refractivity contribution in [3.8, 4) is 0 Å². The van der Waals surface area contributed by atoms with E-state index in [1.165, 1.54) is 17.5 Å². The molecule has 5 nitrogen and oxygen atoms in total. The molecule has 0 saturated carbocycles. The number of hydrogen-bond donors (Lipinski definition) is 2. The van der Waals surface area contributed by atoms with Gasteiger partial charge in [0, 0.05) is 16.9 Å². The van der Waals surface area contributed by atoms with E-state index in [-0.39, 0.29) is 10.8 Å². The maximum atomic E-state index is 12.8. The zero-order valence-corrected chi connectivity index (χ0v) is 18.6. The van der Waals surface area contributed by atoms with Crippen LogP contribution in [0.1, 0.15) is 45.5 Å². The third kappa shape index (κ3) is 4.64. The van der Waals surface area contributed by atoms with E-state index in [1.54, 1.807) is 43.3 Å². The van der Waals surface area contributed by atoms with Gasteiger partial charge in [0.05, 0.1) is 4.90 Å². The molecule has 1 amide bonds. The summed E-state index contributed by atoms with van der Waals surface area (Å²) in [5.41, 5.74) is 5.83. The Kier molecular flexibility index (Phi) is 5.83. The number of carbonyl (C=O) groups excluding carboxylic acids is 1. The molecule has 160 valence electrons. The van der Waals surface area contributed by atoms with Gasteiger partial charge >= 0.3 is 0 Å². The fraction of sp³-hybridized carbons (Fsp3) is 0.240. The fourth-order valence-electron chi connectivity index (χ4n) is 3.99. The highest BCUT2D eigenvalue weighted by molar-refractivity contribution is 7.92. The number of rotatable bonds is 5. The molecular formula is C25H26N2O3S. The zero-order chi connectivity index (χ0) is 22.0. The minimum atomic E-state index is -3.71. The number of sulfonamides is 1. The first-order chi connectivity index (χ1) is 14.8. The summed E-state index contributed by atoms with van der Waals surface area (Å²) in [7, 11) is -3.71. The van der Waals surface area contributed by atoms with Crippen LogP contribution < -0.4 is 10.0 Å². The highest BCUT2D eigenvalue weighted by Gasteiger charge is 2.18. The van der Waals surface area contributed by atoms with Crippen LogP contribution in [0.2, 0.25) is 0 Å². The molecule has 31 heavy (non-hydrogen) atoms. The fourth-order valence-corrected chi connectivity index (χ4v) is 5.38. The molecule has 4 rings (SSSR count). The van der Waals surface area contributed by atoms with E-state index in [0.717, 1.165) is 30.5 Å². The lowest BCUT2D eigenvalue weighted by Crippen LogP contribution is -2.16. The molecule has 3 aromatic carbocycles. The lowest BCUT2D eigenvalue weighted by molar-refractivity contribution is 0.102. The number of nitrogens with one attached hydrogen (secondary N) is 2. The van der Waals surface area contributed by atoms with Gasteiger partial charge in [-0.1, -0.05) is 24.3 Å². The normalized spacial score (nSPS) is 13.4. The molecule has 0 heterocycles. The van der Waals surface area contributed by atoms with Gasteiger partial charge in [-0.3, -0.25) is 9.52 Å². The standard InChI is InChI=1S/C25H26N2O3S/c1-17-10-11-18(2)24(16-17)31(29,30)27-21-14-12-20(13-15-21)25(28)26-23-9-5-7-19-6-3-4-8-22(19)23/h5,7,9-16,27H,3-4,6,8H2,1-2H3,(H,26,28). The number of benzene rings is 3. The van der Waals surface area contributed by atoms with Crippen molar-refractivity contribution in [1.29, 1.82) is 0 Å². The van der Waals surface area contributed by atoms with Crippen LogP contribution in [0.25, 0.3) is 0 Å². The number of anilines is 2. The van der Waals surface area contributed by atoms with Crippen molar-refractivity contribution in [2.75, 3.05) is 10.0 Å². The summed E-state index contributed by atoms with van der Waals surface area (Å²) >= 11 is 0. The predicted octanol–water partition coefficient (Wildman–Crippen LogP) is 5.24. The summed E-state index contributed by atoms with van der Waals surface area (Å²) in [6, 6.07) is 17.8. The third-order valence-corrected chi connectivity index (χ3v) is 7.20. The van der Waals surface area contributed by atoms with Gasteiger partial charge in [0.2, 0.25) is 0 Å². The van der Waals surface area contributed by atoms with E-state index in [2.05, 4.69) is 16.1 Å². The molecule has 0 spiro atoms. The van der Waals surface area contributed by atoms with Crippen molar-refractivity contribution in [3.63, 3.8) is 0 Å². The highest BCUT2D eigenvalue weighted by atomic mass is 32.2. The van der Waals surface area contributed by atoms with E-state index < -0.39 is 10.0 Å². The molecule has 0 aromatic heterocycles. The lowest BCUT2D eigenvalue weighted by Gasteiger charge is -2.19. The maximum absolute atomic E-state index is 12.8. The Bertz CT molecular complexity index is 1230. The van der Waals surface area contributed by atoms with Gasteiger partial charge in [-0.2, -0.15) is 0 Å². The van der Waals surface area contributed by atoms with Crippen LogP contribution in [0, 0.1) is 13.8 Å². The Hall–Kier alpha value is -3.12. The summed E-state index contributed by atoms with van der Waals surface area (Å²) in [6.07, 6.45) is 4.35. The summed E-state index contributed by atoms with van der Waals surface area (Å²) in [4.78, 5) is 13.0. The van der Waals surface area contributed by atoms with Gasteiger partial charge < -0.3 is 5.32 Å². The van der Waals surface area contributed by atoms with Gasteiger partial charge in [0.15, 0.2) is 0 Å². The molecule has 0 saturated heterocycles. The molecule has 0 aliphatic heterocycles. The number of aryl methyl sites for hydroxylation is 3. The Balaban J connectivity index is 1.50. The highest BCUT2D eigenvalue weighted by Crippen LogP contribution is 2.28. The van der Waals surface area contributed by atoms with Crippen LogP contribution in [0.3, 0.4) is 0 Å². The first-order valence-corrected chi connectivity index (χ1v) is 11.9. The Labute approximate surface area is 183 Å². The largest absolute Gasteiger partial charge is 0.322 e. The van der Waals surface area contributed by atoms with Crippen molar-refractivity contribution in [1.82, 2.24) is 0 Å². The minimum absolute atomic E-state index is 0.206. The molecule has 1 aliphatic carbocycles. The van der Waals surface area contributed by atoms with Gasteiger partial charge in [0.25, 0.3) is 15.9 Å². The predicted molar refractivity (Wildman–Crippen MR) is 124 cm³/mol. The molecule has 6 heteroatoms. The van der Waals surface area contributed by atoms with Crippen molar-refractivity contribution in [2.24, 2.45) is 0 Å². The van der Waals surface area contributed by atoms with Crippen LogP contribution in [-0.4, -0.2) is 14.3 Å². The molecule has 0 fully saturated rings. The third-order valence-electron chi connectivity index (χ3n) is 5.68. The van der Waals surface area contributed by atoms with E-state index >= 15 is 0 Å². The van der Waals surface area contributed by atoms with E-state index in [1.807, 2.05) is 25.1 Å². The van der Waals surface area contributed by atoms with Gasteiger partial charge in [-0.25, -0.2) is 8.42 Å². The minimum Gasteiger partial charge on any atom is -0.322 e. The second-order valence-corrected chi connectivity index (χ2v) is 9.71. The molecule has 0 atom stereocenters. The summed E-state index contributed by atoms with van der Waals surface area (Å²) in [5, 5.41) is 3.02. The van der Waals surface area contributed by atoms with Crippen molar-refractivity contribution < 1.29 is 13.2 Å². The van der Waals surface area contributed by atoms with Gasteiger partial charge in [0.1, 0.15) is 0 Å². The van der Waals surface area contributed by atoms with E-state index in [0.29, 0.717) is 16.8 Å². The second-order valence-electron chi connectivity index (χ2n) is 8.06. The van der Waals surface area contributed by atoms with Crippen LogP contribution in [0.15, 0.2) is 65.6 Å². The smallest absolute Gasteiger partial charge is 0.262 e. The Morgan fingerprint density at radius 3 is 2.42 bits per heavy atom. The summed E-state index contributed by atoms with van der Waals surface area (Å²) in [6.45, 7) is 3.62. The first kappa shape index (κ1) is 21.1. The monoisotopic (exact) mass is 434 g/mol. The van der Waals surface area contributed by atoms with E-state index in [4.69, 9.17) is 0 Å². The van der Waals surface area contributed by atoms with E-state index in [9.17, 15) is 13.2 Å². The summed E-state index contributed by atoms with van der Waals surface area (Å²) < 4.78 is 28.2. The Morgan fingerprint density at radius 2 is 1.65 bits per heavy atom. The molecule has 0 bridgehead atoms.